The van der Waals surface area contributed by atoms with Crippen LogP contribution in [0, 0.1) is 5.92 Å². The number of ether oxygens (including phenoxy) is 1. The van der Waals surface area contributed by atoms with Gasteiger partial charge in [0, 0.05) is 5.56 Å². The molecule has 2 N–H and O–H groups in total. The van der Waals surface area contributed by atoms with Crippen molar-refractivity contribution in [2.75, 3.05) is 6.61 Å². The van der Waals surface area contributed by atoms with Gasteiger partial charge >= 0.3 is 5.97 Å². The number of H-pyrrole nitrogens is 1. The lowest BCUT2D eigenvalue weighted by atomic mass is 10.1. The van der Waals surface area contributed by atoms with Gasteiger partial charge in [-0.05, 0) is 36.2 Å². The lowest BCUT2D eigenvalue weighted by molar-refractivity contribution is 0.0690. The molecule has 0 unspecified atom stereocenters. The highest BCUT2D eigenvalue weighted by Gasteiger charge is 2.09. The maximum Gasteiger partial charge on any atom is 0.353 e. The van der Waals surface area contributed by atoms with Crippen molar-refractivity contribution in [2.24, 2.45) is 5.92 Å². The molecule has 5 nitrogen and oxygen atoms in total. The van der Waals surface area contributed by atoms with Gasteiger partial charge in [0.2, 0.25) is 0 Å². The predicted molar refractivity (Wildman–Crippen MR) is 71.3 cm³/mol. The lowest BCUT2D eigenvalue weighted by Crippen LogP contribution is -2.04. The first-order valence-electron chi connectivity index (χ1n) is 6.08. The smallest absolute Gasteiger partial charge is 0.353 e. The zero-order valence-electron chi connectivity index (χ0n) is 10.9. The molecule has 2 aromatic rings. The fourth-order valence-corrected chi connectivity index (χ4v) is 1.56. The third kappa shape index (κ3) is 3.34. The molecule has 0 spiro atoms. The molecule has 0 aliphatic heterocycles. The highest BCUT2D eigenvalue weighted by molar-refractivity contribution is 5.86. The minimum atomic E-state index is -1.02. The van der Waals surface area contributed by atoms with Crippen molar-refractivity contribution in [1.29, 1.82) is 0 Å². The summed E-state index contributed by atoms with van der Waals surface area (Å²) in [6.07, 6.45) is 0. The summed E-state index contributed by atoms with van der Waals surface area (Å²) < 4.78 is 5.58. The summed E-state index contributed by atoms with van der Waals surface area (Å²) in [6, 6.07) is 8.93. The van der Waals surface area contributed by atoms with Crippen molar-refractivity contribution in [2.45, 2.75) is 13.8 Å². The van der Waals surface area contributed by atoms with Gasteiger partial charge in [0.25, 0.3) is 0 Å². The summed E-state index contributed by atoms with van der Waals surface area (Å²) in [5.74, 6) is 0.256. The number of aromatic amines is 1. The second-order valence-corrected chi connectivity index (χ2v) is 4.70. The Morgan fingerprint density at radius 2 is 2.05 bits per heavy atom. The van der Waals surface area contributed by atoms with Crippen molar-refractivity contribution in [3.8, 4) is 17.0 Å². The quantitative estimate of drug-likeness (QED) is 0.866. The molecule has 0 saturated heterocycles. The number of rotatable bonds is 5. The highest BCUT2D eigenvalue weighted by Crippen LogP contribution is 2.21. The van der Waals surface area contributed by atoms with Crippen molar-refractivity contribution in [1.82, 2.24) is 10.2 Å². The van der Waals surface area contributed by atoms with Gasteiger partial charge in [0.1, 0.15) is 11.4 Å². The van der Waals surface area contributed by atoms with Crippen molar-refractivity contribution in [3.63, 3.8) is 0 Å². The second kappa shape index (κ2) is 5.56. The molecule has 100 valence electrons. The van der Waals surface area contributed by atoms with E-state index in [0.29, 0.717) is 18.2 Å². The molecule has 19 heavy (non-hydrogen) atoms. The monoisotopic (exact) mass is 260 g/mol. The zero-order chi connectivity index (χ0) is 13.8. The van der Waals surface area contributed by atoms with Crippen LogP contribution >= 0.6 is 0 Å². The summed E-state index contributed by atoms with van der Waals surface area (Å²) >= 11 is 0. The predicted octanol–water partition coefficient (Wildman–Crippen LogP) is 2.81. The van der Waals surface area contributed by atoms with Gasteiger partial charge in [0.15, 0.2) is 0 Å². The average molecular weight is 260 g/mol. The van der Waals surface area contributed by atoms with Crippen LogP contribution in [0.2, 0.25) is 0 Å². The van der Waals surface area contributed by atoms with Crippen molar-refractivity contribution < 1.29 is 14.6 Å². The first-order valence-corrected chi connectivity index (χ1v) is 6.08. The molecular weight excluding hydrogens is 244 g/mol. The Hall–Kier alpha value is -2.30. The summed E-state index contributed by atoms with van der Waals surface area (Å²) in [7, 11) is 0. The number of nitrogens with zero attached hydrogens (tertiary/aromatic N) is 1. The Morgan fingerprint density at radius 1 is 1.37 bits per heavy atom. The first kappa shape index (κ1) is 13.1. The SMILES string of the molecule is CC(C)COc1ccc(-c2cc(C(=O)O)[nH]n2)cc1. The summed E-state index contributed by atoms with van der Waals surface area (Å²) in [4.78, 5) is 10.8. The fraction of sp³-hybridized carbons (Fsp3) is 0.286. The van der Waals surface area contributed by atoms with Gasteiger partial charge < -0.3 is 9.84 Å². The maximum absolute atomic E-state index is 10.8. The van der Waals surface area contributed by atoms with E-state index >= 15 is 0 Å². The maximum atomic E-state index is 10.8. The Balaban J connectivity index is 2.10. The largest absolute Gasteiger partial charge is 0.493 e. The molecule has 0 amide bonds. The number of hydrogen-bond donors (Lipinski definition) is 2. The normalized spacial score (nSPS) is 10.7. The second-order valence-electron chi connectivity index (χ2n) is 4.70. The third-order valence-corrected chi connectivity index (χ3v) is 2.54. The van der Waals surface area contributed by atoms with E-state index in [-0.39, 0.29) is 5.69 Å². The van der Waals surface area contributed by atoms with E-state index in [2.05, 4.69) is 24.0 Å². The van der Waals surface area contributed by atoms with Crippen molar-refractivity contribution in [3.05, 3.63) is 36.0 Å². The molecule has 1 aromatic carbocycles. The van der Waals surface area contributed by atoms with Crippen LogP contribution < -0.4 is 4.74 Å². The minimum absolute atomic E-state index is 0.0788. The molecule has 0 aliphatic rings. The molecule has 0 aliphatic carbocycles. The Bertz CT molecular complexity index is 558. The van der Waals surface area contributed by atoms with Gasteiger partial charge in [-0.3, -0.25) is 5.10 Å². The van der Waals surface area contributed by atoms with E-state index in [1.807, 2.05) is 24.3 Å². The number of aromatic nitrogens is 2. The van der Waals surface area contributed by atoms with Gasteiger partial charge in [0.05, 0.1) is 12.3 Å². The first-order chi connectivity index (χ1) is 9.06. The van der Waals surface area contributed by atoms with Crippen LogP contribution in [0.3, 0.4) is 0 Å². The standard InChI is InChI=1S/C14H16N2O3/c1-9(2)8-19-11-5-3-10(4-6-11)12-7-13(14(17)18)16-15-12/h3-7,9H,8H2,1-2H3,(H,15,16)(H,17,18). The number of benzene rings is 1. The lowest BCUT2D eigenvalue weighted by Gasteiger charge is -2.08. The van der Waals surface area contributed by atoms with Gasteiger partial charge in [-0.25, -0.2) is 4.79 Å². The van der Waals surface area contributed by atoms with E-state index in [0.717, 1.165) is 11.3 Å². The molecule has 0 radical (unpaired) electrons. The molecular formula is C14H16N2O3. The van der Waals surface area contributed by atoms with Crippen LogP contribution in [-0.4, -0.2) is 27.9 Å². The van der Waals surface area contributed by atoms with E-state index in [9.17, 15) is 4.79 Å². The zero-order valence-corrected chi connectivity index (χ0v) is 10.9. The summed E-state index contributed by atoms with van der Waals surface area (Å²) in [5.41, 5.74) is 1.53. The van der Waals surface area contributed by atoms with Gasteiger partial charge in [-0.15, -0.1) is 0 Å². The van der Waals surface area contributed by atoms with Crippen LogP contribution in [0.15, 0.2) is 30.3 Å². The number of hydrogen-bond acceptors (Lipinski definition) is 3. The molecule has 1 heterocycles. The molecule has 5 heteroatoms. The Morgan fingerprint density at radius 3 is 2.58 bits per heavy atom. The third-order valence-electron chi connectivity index (χ3n) is 2.54. The van der Waals surface area contributed by atoms with Crippen LogP contribution in [0.5, 0.6) is 5.75 Å². The van der Waals surface area contributed by atoms with Crippen molar-refractivity contribution >= 4 is 5.97 Å². The van der Waals surface area contributed by atoms with Gasteiger partial charge in [-0.1, -0.05) is 13.8 Å². The number of nitrogens with one attached hydrogen (secondary N) is 1. The fourth-order valence-electron chi connectivity index (χ4n) is 1.56. The van der Waals surface area contributed by atoms with Crippen LogP contribution in [0.1, 0.15) is 24.3 Å². The summed E-state index contributed by atoms with van der Waals surface area (Å²) in [5, 5.41) is 15.3. The topological polar surface area (TPSA) is 75.2 Å². The number of carboxylic acids is 1. The van der Waals surface area contributed by atoms with E-state index in [4.69, 9.17) is 9.84 Å². The summed E-state index contributed by atoms with van der Waals surface area (Å²) in [6.45, 7) is 4.85. The minimum Gasteiger partial charge on any atom is -0.493 e. The number of carbonyl (C=O) groups is 1. The molecule has 0 fully saturated rings. The molecule has 1 aromatic heterocycles. The molecule has 0 bridgehead atoms. The Labute approximate surface area is 111 Å². The van der Waals surface area contributed by atoms with E-state index < -0.39 is 5.97 Å². The molecule has 0 atom stereocenters. The van der Waals surface area contributed by atoms with E-state index in [1.54, 1.807) is 0 Å². The number of aromatic carboxylic acids is 1. The van der Waals surface area contributed by atoms with Gasteiger partial charge in [-0.2, -0.15) is 5.10 Å². The van der Waals surface area contributed by atoms with Crippen LogP contribution in [-0.2, 0) is 0 Å². The molecule has 0 saturated carbocycles. The average Bonchev–Trinajstić information content (AvgIpc) is 2.86. The van der Waals surface area contributed by atoms with E-state index in [1.165, 1.54) is 6.07 Å². The molecule has 2 rings (SSSR count). The van der Waals surface area contributed by atoms with Crippen LogP contribution in [0.25, 0.3) is 11.3 Å². The number of carboxylic acid groups (broad SMARTS) is 1. The van der Waals surface area contributed by atoms with Crippen LogP contribution in [0.4, 0.5) is 0 Å². The highest BCUT2D eigenvalue weighted by atomic mass is 16.5. The Kier molecular flexibility index (Phi) is 3.85.